The van der Waals surface area contributed by atoms with Gasteiger partial charge in [0.1, 0.15) is 12.0 Å². The highest BCUT2D eigenvalue weighted by atomic mass is 14.9. The number of hydrogen-bond acceptors (Lipinski definition) is 3. The van der Waals surface area contributed by atoms with Crippen LogP contribution < -0.4 is 0 Å². The molecule has 0 bridgehead atoms. The molecule has 1 aromatic heterocycles. The second kappa shape index (κ2) is 3.23. The predicted octanol–water partition coefficient (Wildman–Crippen LogP) is 1.90. The average molecular weight is 149 g/mol. The topological polar surface area (TPSA) is 38.1 Å². The van der Waals surface area contributed by atoms with Crippen molar-refractivity contribution in [2.45, 2.75) is 20.8 Å². The van der Waals surface area contributed by atoms with Gasteiger partial charge in [-0.05, 0) is 20.8 Å². The first kappa shape index (κ1) is 7.85. The molecule has 58 valence electrons. The maximum absolute atomic E-state index is 4.25. The zero-order chi connectivity index (χ0) is 8.27. The van der Waals surface area contributed by atoms with Crippen LogP contribution in [0.5, 0.6) is 0 Å². The van der Waals surface area contributed by atoms with Crippen LogP contribution in [0.1, 0.15) is 19.5 Å². The lowest BCUT2D eigenvalue weighted by molar-refractivity contribution is 1.09. The lowest BCUT2D eigenvalue weighted by Crippen LogP contribution is -1.85. The van der Waals surface area contributed by atoms with E-state index >= 15 is 0 Å². The maximum Gasteiger partial charge on any atom is 0.115 e. The molecule has 0 aliphatic rings. The third-order valence-corrected chi connectivity index (χ3v) is 1.23. The molecule has 3 nitrogen and oxygen atoms in total. The van der Waals surface area contributed by atoms with E-state index in [0.717, 1.165) is 17.1 Å². The van der Waals surface area contributed by atoms with E-state index in [9.17, 15) is 0 Å². The zero-order valence-electron chi connectivity index (χ0n) is 7.00. The Hall–Kier alpha value is -1.25. The van der Waals surface area contributed by atoms with Crippen LogP contribution in [0, 0.1) is 6.92 Å². The highest BCUT2D eigenvalue weighted by Gasteiger charge is 1.94. The predicted molar refractivity (Wildman–Crippen MR) is 45.2 cm³/mol. The normalized spacial score (nSPS) is 9.36. The average Bonchev–Trinajstić information content (AvgIpc) is 1.93. The number of aromatic nitrogens is 2. The first-order valence-electron chi connectivity index (χ1n) is 3.48. The van der Waals surface area contributed by atoms with Crippen LogP contribution >= 0.6 is 0 Å². The first-order valence-corrected chi connectivity index (χ1v) is 3.48. The van der Waals surface area contributed by atoms with Crippen LogP contribution in [0.25, 0.3) is 0 Å². The van der Waals surface area contributed by atoms with Crippen molar-refractivity contribution in [3.05, 3.63) is 18.2 Å². The third kappa shape index (κ3) is 2.11. The summed E-state index contributed by atoms with van der Waals surface area (Å²) in [7, 11) is 0. The molecule has 0 unspecified atom stereocenters. The van der Waals surface area contributed by atoms with Gasteiger partial charge in [-0.2, -0.15) is 0 Å². The zero-order valence-corrected chi connectivity index (χ0v) is 7.00. The molecule has 0 aromatic carbocycles. The third-order valence-electron chi connectivity index (χ3n) is 1.23. The summed E-state index contributed by atoms with van der Waals surface area (Å²) in [5.74, 6) is 0. The molecule has 0 saturated carbocycles. The van der Waals surface area contributed by atoms with Crippen LogP contribution in [-0.4, -0.2) is 15.7 Å². The Morgan fingerprint density at radius 3 is 2.73 bits per heavy atom. The Balaban J connectivity index is 3.04. The van der Waals surface area contributed by atoms with E-state index in [1.807, 2.05) is 20.8 Å². The molecule has 1 rings (SSSR count). The second-order valence-corrected chi connectivity index (χ2v) is 2.55. The van der Waals surface area contributed by atoms with Crippen LogP contribution in [0.15, 0.2) is 17.5 Å². The summed E-state index contributed by atoms with van der Waals surface area (Å²) >= 11 is 0. The van der Waals surface area contributed by atoms with E-state index in [1.165, 1.54) is 6.33 Å². The molecule has 1 aromatic rings. The Morgan fingerprint density at radius 2 is 2.18 bits per heavy atom. The molecule has 0 spiro atoms. The number of nitrogens with zero attached hydrogens (tertiary/aromatic N) is 3. The van der Waals surface area contributed by atoms with Gasteiger partial charge in [0.15, 0.2) is 0 Å². The molecule has 11 heavy (non-hydrogen) atoms. The minimum absolute atomic E-state index is 0.854. The molecule has 0 aliphatic heterocycles. The molecule has 0 fully saturated rings. The fraction of sp³-hybridized carbons (Fsp3) is 0.375. The van der Waals surface area contributed by atoms with Crippen molar-refractivity contribution in [3.63, 3.8) is 0 Å². The molecule has 0 amide bonds. The van der Waals surface area contributed by atoms with Gasteiger partial charge in [0, 0.05) is 5.71 Å². The van der Waals surface area contributed by atoms with Crippen LogP contribution in [0.3, 0.4) is 0 Å². The fourth-order valence-corrected chi connectivity index (χ4v) is 0.734. The summed E-state index contributed by atoms with van der Waals surface area (Å²) in [6.07, 6.45) is 3.24. The summed E-state index contributed by atoms with van der Waals surface area (Å²) in [4.78, 5) is 12.1. The van der Waals surface area contributed by atoms with Gasteiger partial charge < -0.3 is 0 Å². The van der Waals surface area contributed by atoms with E-state index in [1.54, 1.807) is 6.20 Å². The molecule has 0 atom stereocenters. The monoisotopic (exact) mass is 149 g/mol. The standard InChI is InChI=1S/C8H11N3/c1-6(2)11-8-4-9-5-10-7(8)3/h4-5H,1-3H3. The summed E-state index contributed by atoms with van der Waals surface area (Å²) < 4.78 is 0. The quantitative estimate of drug-likeness (QED) is 0.572. The van der Waals surface area contributed by atoms with Crippen LogP contribution in [-0.2, 0) is 0 Å². The van der Waals surface area contributed by atoms with Crippen molar-refractivity contribution < 1.29 is 0 Å². The van der Waals surface area contributed by atoms with Gasteiger partial charge in [-0.25, -0.2) is 9.97 Å². The number of rotatable bonds is 1. The molecular formula is C8H11N3. The Labute approximate surface area is 66.2 Å². The molecule has 0 N–H and O–H groups in total. The van der Waals surface area contributed by atoms with Crippen molar-refractivity contribution >= 4 is 11.4 Å². The van der Waals surface area contributed by atoms with E-state index in [2.05, 4.69) is 15.0 Å². The van der Waals surface area contributed by atoms with Crippen molar-refractivity contribution in [2.75, 3.05) is 0 Å². The number of aryl methyl sites for hydroxylation is 1. The lowest BCUT2D eigenvalue weighted by Gasteiger charge is -1.96. The smallest absolute Gasteiger partial charge is 0.115 e. The van der Waals surface area contributed by atoms with Crippen molar-refractivity contribution in [1.82, 2.24) is 9.97 Å². The van der Waals surface area contributed by atoms with E-state index in [4.69, 9.17) is 0 Å². The lowest BCUT2D eigenvalue weighted by atomic mass is 10.4. The van der Waals surface area contributed by atoms with Gasteiger partial charge in [-0.1, -0.05) is 0 Å². The Bertz CT molecular complexity index is 274. The van der Waals surface area contributed by atoms with Crippen LogP contribution in [0.4, 0.5) is 5.69 Å². The van der Waals surface area contributed by atoms with E-state index in [0.29, 0.717) is 0 Å². The molecular weight excluding hydrogens is 138 g/mol. The largest absolute Gasteiger partial charge is 0.255 e. The van der Waals surface area contributed by atoms with Gasteiger partial charge in [0.05, 0.1) is 11.9 Å². The fourth-order valence-electron chi connectivity index (χ4n) is 0.734. The van der Waals surface area contributed by atoms with E-state index in [-0.39, 0.29) is 0 Å². The first-order chi connectivity index (χ1) is 5.20. The van der Waals surface area contributed by atoms with E-state index < -0.39 is 0 Å². The minimum atomic E-state index is 0.854. The van der Waals surface area contributed by atoms with Crippen molar-refractivity contribution in [3.8, 4) is 0 Å². The van der Waals surface area contributed by atoms with Gasteiger partial charge >= 0.3 is 0 Å². The molecule has 1 heterocycles. The molecule has 3 heteroatoms. The van der Waals surface area contributed by atoms with Crippen LogP contribution in [0.2, 0.25) is 0 Å². The Kier molecular flexibility index (Phi) is 2.31. The van der Waals surface area contributed by atoms with Gasteiger partial charge in [0.2, 0.25) is 0 Å². The summed E-state index contributed by atoms with van der Waals surface area (Å²) in [5.41, 5.74) is 2.79. The van der Waals surface area contributed by atoms with Crippen molar-refractivity contribution in [2.24, 2.45) is 4.99 Å². The molecule has 0 aliphatic carbocycles. The second-order valence-electron chi connectivity index (χ2n) is 2.55. The Morgan fingerprint density at radius 1 is 1.45 bits per heavy atom. The van der Waals surface area contributed by atoms with Crippen molar-refractivity contribution in [1.29, 1.82) is 0 Å². The highest BCUT2D eigenvalue weighted by molar-refractivity contribution is 5.82. The summed E-state index contributed by atoms with van der Waals surface area (Å²) in [6.45, 7) is 5.82. The summed E-state index contributed by atoms with van der Waals surface area (Å²) in [6, 6.07) is 0. The number of hydrogen-bond donors (Lipinski definition) is 0. The summed E-state index contributed by atoms with van der Waals surface area (Å²) in [5, 5.41) is 0. The van der Waals surface area contributed by atoms with Gasteiger partial charge in [-0.3, -0.25) is 4.99 Å². The molecule has 0 saturated heterocycles. The van der Waals surface area contributed by atoms with Gasteiger partial charge in [0.25, 0.3) is 0 Å². The number of aliphatic imine (C=N–C) groups is 1. The highest BCUT2D eigenvalue weighted by Crippen LogP contribution is 2.12. The SMILES string of the molecule is CC(C)=Nc1cncnc1C. The maximum atomic E-state index is 4.25. The van der Waals surface area contributed by atoms with Gasteiger partial charge in [-0.15, -0.1) is 0 Å². The molecule has 0 radical (unpaired) electrons. The minimum Gasteiger partial charge on any atom is -0.255 e.